The minimum absolute atomic E-state index is 0.0487. The van der Waals surface area contributed by atoms with Gasteiger partial charge < -0.3 is 10.6 Å². The van der Waals surface area contributed by atoms with Gasteiger partial charge >= 0.3 is 0 Å². The van der Waals surface area contributed by atoms with Crippen molar-refractivity contribution in [3.8, 4) is 0 Å². The Morgan fingerprint density at radius 3 is 2.32 bits per heavy atom. The van der Waals surface area contributed by atoms with Gasteiger partial charge in [-0.1, -0.05) is 29.8 Å². The molecule has 2 amide bonds. The van der Waals surface area contributed by atoms with E-state index in [4.69, 9.17) is 0 Å². The smallest absolute Gasteiger partial charge is 0.264 e. The van der Waals surface area contributed by atoms with Gasteiger partial charge in [-0.15, -0.1) is 0 Å². The number of nitrogens with one attached hydrogen (secondary N) is 2. The molecule has 0 bridgehead atoms. The molecule has 0 saturated heterocycles. The van der Waals surface area contributed by atoms with Gasteiger partial charge in [-0.3, -0.25) is 18.9 Å². The number of aromatic nitrogens is 1. The third-order valence-corrected chi connectivity index (χ3v) is 7.23. The van der Waals surface area contributed by atoms with Crippen LogP contribution in [0, 0.1) is 6.92 Å². The van der Waals surface area contributed by atoms with E-state index in [1.54, 1.807) is 36.7 Å². The highest BCUT2D eigenvalue weighted by atomic mass is 32.2. The molecule has 9 heteroatoms. The molecule has 1 aliphatic heterocycles. The Bertz CT molecular complexity index is 1310. The number of carbonyl (C=O) groups excluding carboxylic acids is 2. The van der Waals surface area contributed by atoms with Gasteiger partial charge in [0, 0.05) is 30.5 Å². The van der Waals surface area contributed by atoms with Crippen LogP contribution in [0.2, 0.25) is 0 Å². The van der Waals surface area contributed by atoms with Crippen LogP contribution in [0.15, 0.2) is 90.4 Å². The molecule has 2 aromatic carbocycles. The minimum Gasteiger partial charge on any atom is -0.329 e. The van der Waals surface area contributed by atoms with Crippen LogP contribution in [-0.2, 0) is 26.0 Å². The first-order valence-corrected chi connectivity index (χ1v) is 12.1. The lowest BCUT2D eigenvalue weighted by molar-refractivity contribution is -0.127. The predicted octanol–water partition coefficient (Wildman–Crippen LogP) is 2.97. The summed E-state index contributed by atoms with van der Waals surface area (Å²) in [5, 5.41) is 5.23. The molecule has 3 aromatic rings. The van der Waals surface area contributed by atoms with E-state index in [-0.39, 0.29) is 11.3 Å². The molecule has 0 radical (unpaired) electrons. The maximum Gasteiger partial charge on any atom is 0.264 e. The van der Waals surface area contributed by atoms with E-state index in [1.807, 2.05) is 31.2 Å². The quantitative estimate of drug-likeness (QED) is 0.545. The fourth-order valence-electron chi connectivity index (χ4n) is 3.60. The maximum atomic E-state index is 13.1. The number of carbonyl (C=O) groups is 2. The number of benzene rings is 2. The highest BCUT2D eigenvalue weighted by Gasteiger charge is 2.36. The molecule has 1 aromatic heterocycles. The number of sulfonamides is 1. The molecule has 2 N–H and O–H groups in total. The maximum absolute atomic E-state index is 13.1. The number of nitrogens with zero attached hydrogens (tertiary/aromatic N) is 2. The van der Waals surface area contributed by atoms with Crippen LogP contribution in [0.1, 0.15) is 23.1 Å². The molecule has 2 heterocycles. The third-order valence-electron chi connectivity index (χ3n) is 5.43. The molecule has 34 heavy (non-hydrogen) atoms. The van der Waals surface area contributed by atoms with Gasteiger partial charge in [-0.2, -0.15) is 0 Å². The van der Waals surface area contributed by atoms with E-state index >= 15 is 0 Å². The zero-order chi connectivity index (χ0) is 24.1. The standard InChI is InChI=1S/C25H24N4O4S/c1-18-2-8-22(9-3-18)34(32,33)29-15-14-27-25(31)23(29)17-24(30)28-21-6-4-19(5-7-21)16-20-10-12-26-13-11-20/h2-15,23H,16-17H2,1H3,(H,27,31)(H,28,30)/t23-/m1/s1. The summed E-state index contributed by atoms with van der Waals surface area (Å²) in [6.07, 6.45) is 6.40. The van der Waals surface area contributed by atoms with Crippen LogP contribution >= 0.6 is 0 Å². The van der Waals surface area contributed by atoms with Crippen molar-refractivity contribution in [3.63, 3.8) is 0 Å². The van der Waals surface area contributed by atoms with Crippen molar-refractivity contribution in [3.05, 3.63) is 102 Å². The third kappa shape index (κ3) is 5.32. The van der Waals surface area contributed by atoms with Crippen LogP contribution < -0.4 is 10.6 Å². The van der Waals surface area contributed by atoms with Crippen LogP contribution in [-0.4, -0.2) is 35.6 Å². The molecular formula is C25H24N4O4S. The first kappa shape index (κ1) is 23.2. The summed E-state index contributed by atoms with van der Waals surface area (Å²) >= 11 is 0. The van der Waals surface area contributed by atoms with Gasteiger partial charge in [0.2, 0.25) is 11.8 Å². The van der Waals surface area contributed by atoms with E-state index in [0.717, 1.165) is 27.4 Å². The second kappa shape index (κ2) is 9.88. The van der Waals surface area contributed by atoms with Crippen LogP contribution in [0.4, 0.5) is 5.69 Å². The van der Waals surface area contributed by atoms with E-state index < -0.39 is 27.9 Å². The first-order chi connectivity index (χ1) is 16.3. The number of aryl methyl sites for hydroxylation is 1. The summed E-state index contributed by atoms with van der Waals surface area (Å²) in [4.78, 5) is 29.3. The van der Waals surface area contributed by atoms with E-state index in [0.29, 0.717) is 5.69 Å². The summed E-state index contributed by atoms with van der Waals surface area (Å²) in [6.45, 7) is 1.85. The van der Waals surface area contributed by atoms with Gasteiger partial charge in [-0.25, -0.2) is 8.42 Å². The number of hydrogen-bond donors (Lipinski definition) is 2. The van der Waals surface area contributed by atoms with Gasteiger partial charge in [-0.05, 0) is 60.9 Å². The van der Waals surface area contributed by atoms with Crippen LogP contribution in [0.3, 0.4) is 0 Å². The number of hydrogen-bond acceptors (Lipinski definition) is 5. The molecule has 4 rings (SSSR count). The van der Waals surface area contributed by atoms with Crippen molar-refractivity contribution in [2.75, 3.05) is 5.32 Å². The Labute approximate surface area is 198 Å². The Hall–Kier alpha value is -3.98. The van der Waals surface area contributed by atoms with Crippen molar-refractivity contribution in [2.24, 2.45) is 0 Å². The fraction of sp³-hybridized carbons (Fsp3) is 0.160. The van der Waals surface area contributed by atoms with Crippen LogP contribution in [0.25, 0.3) is 0 Å². The average molecular weight is 477 g/mol. The lowest BCUT2D eigenvalue weighted by atomic mass is 10.1. The van der Waals surface area contributed by atoms with E-state index in [9.17, 15) is 18.0 Å². The lowest BCUT2D eigenvalue weighted by Crippen LogP contribution is -2.50. The Morgan fingerprint density at radius 2 is 1.65 bits per heavy atom. The normalized spacial score (nSPS) is 15.6. The second-order valence-corrected chi connectivity index (χ2v) is 9.81. The Balaban J connectivity index is 1.45. The molecule has 0 saturated carbocycles. The number of anilines is 1. The van der Waals surface area contributed by atoms with E-state index in [2.05, 4.69) is 15.6 Å². The van der Waals surface area contributed by atoms with Crippen molar-refractivity contribution >= 4 is 27.5 Å². The molecule has 174 valence electrons. The fourth-order valence-corrected chi connectivity index (χ4v) is 5.05. The topological polar surface area (TPSA) is 108 Å². The summed E-state index contributed by atoms with van der Waals surface area (Å²) in [5.41, 5.74) is 3.66. The predicted molar refractivity (Wildman–Crippen MR) is 128 cm³/mol. The van der Waals surface area contributed by atoms with Crippen molar-refractivity contribution in [1.29, 1.82) is 0 Å². The second-order valence-electron chi connectivity index (χ2n) is 7.97. The number of rotatable bonds is 7. The summed E-state index contributed by atoms with van der Waals surface area (Å²) in [7, 11) is -4.01. The average Bonchev–Trinajstić information content (AvgIpc) is 2.82. The van der Waals surface area contributed by atoms with E-state index in [1.165, 1.54) is 24.5 Å². The number of amides is 2. The molecule has 8 nitrogen and oxygen atoms in total. The zero-order valence-corrected chi connectivity index (χ0v) is 19.3. The van der Waals surface area contributed by atoms with Gasteiger partial charge in [0.05, 0.1) is 11.3 Å². The largest absolute Gasteiger partial charge is 0.329 e. The SMILES string of the molecule is Cc1ccc(S(=O)(=O)N2C=CNC(=O)[C@H]2CC(=O)Nc2ccc(Cc3ccncc3)cc2)cc1. The van der Waals surface area contributed by atoms with Gasteiger partial charge in [0.25, 0.3) is 10.0 Å². The highest BCUT2D eigenvalue weighted by molar-refractivity contribution is 7.89. The zero-order valence-electron chi connectivity index (χ0n) is 18.5. The summed E-state index contributed by atoms with van der Waals surface area (Å²) in [5.74, 6) is -1.04. The molecule has 1 aliphatic rings. The molecule has 0 unspecified atom stereocenters. The monoisotopic (exact) mass is 476 g/mol. The van der Waals surface area contributed by atoms with Gasteiger partial charge in [0.1, 0.15) is 6.04 Å². The van der Waals surface area contributed by atoms with Crippen molar-refractivity contribution < 1.29 is 18.0 Å². The Kier molecular flexibility index (Phi) is 6.74. The van der Waals surface area contributed by atoms with Crippen molar-refractivity contribution in [2.45, 2.75) is 30.7 Å². The first-order valence-electron chi connectivity index (χ1n) is 10.7. The molecule has 1 atom stereocenters. The summed E-state index contributed by atoms with van der Waals surface area (Å²) in [6, 6.07) is 16.4. The lowest BCUT2D eigenvalue weighted by Gasteiger charge is -2.31. The minimum atomic E-state index is -4.01. The molecular weight excluding hydrogens is 452 g/mol. The Morgan fingerprint density at radius 1 is 1.00 bits per heavy atom. The molecule has 0 fully saturated rings. The number of pyridine rings is 1. The molecule has 0 aliphatic carbocycles. The molecule has 0 spiro atoms. The summed E-state index contributed by atoms with van der Waals surface area (Å²) < 4.78 is 27.2. The highest BCUT2D eigenvalue weighted by Crippen LogP contribution is 2.23. The van der Waals surface area contributed by atoms with Crippen molar-refractivity contribution in [1.82, 2.24) is 14.6 Å². The van der Waals surface area contributed by atoms with Gasteiger partial charge in [0.15, 0.2) is 0 Å². The van der Waals surface area contributed by atoms with Crippen LogP contribution in [0.5, 0.6) is 0 Å².